The Morgan fingerprint density at radius 1 is 1.07 bits per heavy atom. The molecule has 1 saturated heterocycles. The molecular weight excluding hydrogens is 366 g/mol. The topological polar surface area (TPSA) is 95.6 Å². The number of carbonyl (C=O) groups excluding carboxylic acids is 2. The number of sulfonamides is 1. The summed E-state index contributed by atoms with van der Waals surface area (Å²) in [5.41, 5.74) is 0.430. The Labute approximate surface area is 160 Å². The number of nitrogens with zero attached hydrogens (tertiary/aromatic N) is 1. The molecule has 1 aliphatic carbocycles. The van der Waals surface area contributed by atoms with Crippen molar-refractivity contribution in [2.45, 2.75) is 49.5 Å². The van der Waals surface area contributed by atoms with Crippen LogP contribution in [0.5, 0.6) is 0 Å². The molecule has 148 valence electrons. The summed E-state index contributed by atoms with van der Waals surface area (Å²) in [6.07, 6.45) is 5.05. The van der Waals surface area contributed by atoms with Gasteiger partial charge in [0.1, 0.15) is 0 Å². The van der Waals surface area contributed by atoms with Gasteiger partial charge in [-0.3, -0.25) is 9.59 Å². The van der Waals surface area contributed by atoms with Crippen LogP contribution in [0.3, 0.4) is 0 Å². The summed E-state index contributed by atoms with van der Waals surface area (Å²) in [5, 5.41) is 5.50. The van der Waals surface area contributed by atoms with Gasteiger partial charge in [-0.1, -0.05) is 0 Å². The highest BCUT2D eigenvalue weighted by Gasteiger charge is 2.30. The minimum Gasteiger partial charge on any atom is -0.355 e. The van der Waals surface area contributed by atoms with E-state index in [2.05, 4.69) is 10.6 Å². The maximum atomic E-state index is 12.8. The Morgan fingerprint density at radius 3 is 2.26 bits per heavy atom. The van der Waals surface area contributed by atoms with Crippen LogP contribution in [0.15, 0.2) is 29.2 Å². The van der Waals surface area contributed by atoms with Crippen LogP contribution in [0.4, 0.5) is 0 Å². The Hall–Kier alpha value is -1.93. The molecule has 0 bridgehead atoms. The van der Waals surface area contributed by atoms with Crippen molar-refractivity contribution in [3.63, 3.8) is 0 Å². The minimum absolute atomic E-state index is 0.115. The number of rotatable bonds is 7. The fourth-order valence-corrected chi connectivity index (χ4v) is 4.84. The van der Waals surface area contributed by atoms with Crippen molar-refractivity contribution in [1.29, 1.82) is 0 Å². The molecule has 3 rings (SSSR count). The number of hydrogen-bond donors (Lipinski definition) is 2. The zero-order valence-corrected chi connectivity index (χ0v) is 16.4. The van der Waals surface area contributed by atoms with Crippen LogP contribution in [0.2, 0.25) is 0 Å². The predicted octanol–water partition coefficient (Wildman–Crippen LogP) is 1.51. The Kier molecular flexibility index (Phi) is 6.16. The number of nitrogens with one attached hydrogen (secondary N) is 2. The third-order valence-corrected chi connectivity index (χ3v) is 7.19. The molecule has 2 fully saturated rings. The van der Waals surface area contributed by atoms with E-state index in [9.17, 15) is 18.0 Å². The second kappa shape index (κ2) is 8.39. The number of hydrogen-bond acceptors (Lipinski definition) is 4. The Balaban J connectivity index is 1.51. The Bertz CT molecular complexity index is 780. The van der Waals surface area contributed by atoms with E-state index in [1.807, 2.05) is 0 Å². The van der Waals surface area contributed by atoms with Crippen molar-refractivity contribution in [2.24, 2.45) is 5.92 Å². The molecule has 0 unspecified atom stereocenters. The van der Waals surface area contributed by atoms with Gasteiger partial charge in [-0.2, -0.15) is 4.31 Å². The van der Waals surface area contributed by atoms with Crippen molar-refractivity contribution in [2.75, 3.05) is 20.1 Å². The van der Waals surface area contributed by atoms with Gasteiger partial charge in [-0.25, -0.2) is 8.42 Å². The van der Waals surface area contributed by atoms with Crippen LogP contribution in [0.1, 0.15) is 48.9 Å². The summed E-state index contributed by atoms with van der Waals surface area (Å²) < 4.78 is 27.1. The van der Waals surface area contributed by atoms with Gasteiger partial charge >= 0.3 is 0 Å². The fraction of sp³-hybridized carbons (Fsp3) is 0.579. The van der Waals surface area contributed by atoms with E-state index in [-0.39, 0.29) is 16.7 Å². The molecule has 1 heterocycles. The van der Waals surface area contributed by atoms with E-state index >= 15 is 0 Å². The molecule has 1 aromatic rings. The summed E-state index contributed by atoms with van der Waals surface area (Å²) in [4.78, 5) is 23.6. The van der Waals surface area contributed by atoms with E-state index in [0.717, 1.165) is 32.1 Å². The zero-order chi connectivity index (χ0) is 19.4. The molecule has 7 nitrogen and oxygen atoms in total. The van der Waals surface area contributed by atoms with Gasteiger partial charge in [0.2, 0.25) is 15.9 Å². The van der Waals surface area contributed by atoms with Gasteiger partial charge < -0.3 is 10.6 Å². The smallest absolute Gasteiger partial charge is 0.251 e. The summed E-state index contributed by atoms with van der Waals surface area (Å²) in [7, 11) is -2.02. The first-order valence-electron chi connectivity index (χ1n) is 9.52. The van der Waals surface area contributed by atoms with Crippen LogP contribution >= 0.6 is 0 Å². The van der Waals surface area contributed by atoms with E-state index in [1.54, 1.807) is 0 Å². The van der Waals surface area contributed by atoms with Crippen molar-refractivity contribution >= 4 is 21.8 Å². The highest BCUT2D eigenvalue weighted by atomic mass is 32.2. The minimum atomic E-state index is -3.55. The first-order valence-corrected chi connectivity index (χ1v) is 11.0. The van der Waals surface area contributed by atoms with Gasteiger partial charge in [0, 0.05) is 38.2 Å². The number of carbonyl (C=O) groups is 2. The molecule has 1 aliphatic heterocycles. The average molecular weight is 394 g/mol. The summed E-state index contributed by atoms with van der Waals surface area (Å²) in [5.74, 6) is 0.256. The normalized spacial score (nSPS) is 18.9. The Morgan fingerprint density at radius 2 is 1.70 bits per heavy atom. The molecular formula is C19H27N3O4S. The van der Waals surface area contributed by atoms with Crippen molar-refractivity contribution in [1.82, 2.24) is 14.9 Å². The molecule has 8 heteroatoms. The van der Waals surface area contributed by atoms with E-state index in [1.165, 1.54) is 35.6 Å². The molecule has 0 atom stereocenters. The third-order valence-electron chi connectivity index (χ3n) is 5.28. The highest BCUT2D eigenvalue weighted by Crippen LogP contribution is 2.27. The van der Waals surface area contributed by atoms with E-state index in [4.69, 9.17) is 0 Å². The largest absolute Gasteiger partial charge is 0.355 e. The quantitative estimate of drug-likeness (QED) is 0.734. The first-order chi connectivity index (χ1) is 12.9. The SMILES string of the molecule is CNC(=O)c1ccc(S(=O)(=O)N2CCC(CCC(=O)NC3CC3)CC2)cc1. The van der Waals surface area contributed by atoms with Gasteiger partial charge in [0.25, 0.3) is 5.91 Å². The maximum absolute atomic E-state index is 12.8. The highest BCUT2D eigenvalue weighted by molar-refractivity contribution is 7.89. The fourth-order valence-electron chi connectivity index (χ4n) is 3.37. The first kappa shape index (κ1) is 19.8. The van der Waals surface area contributed by atoms with Gasteiger partial charge in [-0.15, -0.1) is 0 Å². The molecule has 27 heavy (non-hydrogen) atoms. The predicted molar refractivity (Wildman–Crippen MR) is 102 cm³/mol. The second-order valence-electron chi connectivity index (χ2n) is 7.33. The van der Waals surface area contributed by atoms with Crippen LogP contribution in [-0.2, 0) is 14.8 Å². The van der Waals surface area contributed by atoms with Gasteiger partial charge in [0.15, 0.2) is 0 Å². The molecule has 1 aromatic carbocycles. The van der Waals surface area contributed by atoms with E-state index in [0.29, 0.717) is 37.0 Å². The molecule has 0 spiro atoms. The van der Waals surface area contributed by atoms with Gasteiger partial charge in [-0.05, 0) is 62.3 Å². The van der Waals surface area contributed by atoms with Gasteiger partial charge in [0.05, 0.1) is 4.90 Å². The number of piperidine rings is 1. The van der Waals surface area contributed by atoms with Crippen LogP contribution in [-0.4, -0.2) is 50.7 Å². The summed E-state index contributed by atoms with van der Waals surface area (Å²) in [6, 6.07) is 6.40. The maximum Gasteiger partial charge on any atom is 0.251 e. The van der Waals surface area contributed by atoms with Crippen LogP contribution < -0.4 is 10.6 Å². The van der Waals surface area contributed by atoms with Crippen molar-refractivity contribution in [3.05, 3.63) is 29.8 Å². The van der Waals surface area contributed by atoms with Crippen LogP contribution in [0.25, 0.3) is 0 Å². The summed E-state index contributed by atoms with van der Waals surface area (Å²) >= 11 is 0. The molecule has 0 aromatic heterocycles. The van der Waals surface area contributed by atoms with Crippen molar-refractivity contribution < 1.29 is 18.0 Å². The molecule has 1 saturated carbocycles. The zero-order valence-electron chi connectivity index (χ0n) is 15.6. The molecule has 2 N–H and O–H groups in total. The lowest BCUT2D eigenvalue weighted by atomic mass is 9.93. The van der Waals surface area contributed by atoms with Crippen molar-refractivity contribution in [3.8, 4) is 0 Å². The monoisotopic (exact) mass is 393 g/mol. The van der Waals surface area contributed by atoms with E-state index < -0.39 is 10.0 Å². The molecule has 0 radical (unpaired) electrons. The van der Waals surface area contributed by atoms with Crippen LogP contribution in [0, 0.1) is 5.92 Å². The molecule has 2 amide bonds. The number of amides is 2. The number of benzene rings is 1. The molecule has 2 aliphatic rings. The second-order valence-corrected chi connectivity index (χ2v) is 9.27. The lowest BCUT2D eigenvalue weighted by Gasteiger charge is -2.31. The average Bonchev–Trinajstić information content (AvgIpc) is 3.50. The third kappa shape index (κ3) is 5.07. The lowest BCUT2D eigenvalue weighted by Crippen LogP contribution is -2.38. The summed E-state index contributed by atoms with van der Waals surface area (Å²) in [6.45, 7) is 0.933. The lowest BCUT2D eigenvalue weighted by molar-refractivity contribution is -0.121. The standard InChI is InChI=1S/C19H27N3O4S/c1-20-19(24)15-3-7-17(8-4-15)27(25,26)22-12-10-14(11-13-22)2-9-18(23)21-16-5-6-16/h3-4,7-8,14,16H,2,5-6,9-13H2,1H3,(H,20,24)(H,21,23).